The summed E-state index contributed by atoms with van der Waals surface area (Å²) in [6.07, 6.45) is 4.41. The van der Waals surface area contributed by atoms with E-state index in [1.807, 2.05) is 0 Å². The molecule has 1 aromatic heterocycles. The summed E-state index contributed by atoms with van der Waals surface area (Å²) < 4.78 is 2.49. The molecule has 0 N–H and O–H groups in total. The van der Waals surface area contributed by atoms with Gasteiger partial charge in [0, 0.05) is 44.5 Å². The zero-order valence-corrected chi connectivity index (χ0v) is 32.1. The summed E-state index contributed by atoms with van der Waals surface area (Å²) in [5.41, 5.74) is 16.1. The lowest BCUT2D eigenvalue weighted by Gasteiger charge is -2.29. The maximum atomic E-state index is 2.49. The van der Waals surface area contributed by atoms with Crippen LogP contribution in [0.2, 0.25) is 0 Å². The van der Waals surface area contributed by atoms with Crippen molar-refractivity contribution in [1.82, 2.24) is 4.57 Å². The Bertz CT molecular complexity index is 3070. The highest BCUT2D eigenvalue weighted by molar-refractivity contribution is 6.22. The predicted molar refractivity (Wildman–Crippen MR) is 246 cm³/mol. The highest BCUT2D eigenvalue weighted by Gasteiger charge is 2.26. The summed E-state index contributed by atoms with van der Waals surface area (Å²) >= 11 is 0. The van der Waals surface area contributed by atoms with Crippen LogP contribution in [0.5, 0.6) is 0 Å². The maximum absolute atomic E-state index is 2.49. The third kappa shape index (κ3) is 5.73. The molecular formula is C56H40N2. The molecule has 0 bridgehead atoms. The van der Waals surface area contributed by atoms with Gasteiger partial charge in [0.1, 0.15) is 0 Å². The van der Waals surface area contributed by atoms with Crippen molar-refractivity contribution in [1.29, 1.82) is 0 Å². The highest BCUT2D eigenvalue weighted by Crippen LogP contribution is 2.49. The zero-order valence-electron chi connectivity index (χ0n) is 32.1. The van der Waals surface area contributed by atoms with Gasteiger partial charge in [-0.3, -0.25) is 0 Å². The zero-order chi connectivity index (χ0) is 38.4. The first-order valence-electron chi connectivity index (χ1n) is 20.2. The van der Waals surface area contributed by atoms with Crippen LogP contribution in [0.25, 0.3) is 72.0 Å². The Balaban J connectivity index is 1.15. The number of hydrogen-bond donors (Lipinski definition) is 0. The smallest absolute Gasteiger partial charge is 0.0618 e. The molecule has 0 amide bonds. The Morgan fingerprint density at radius 2 is 0.897 bits per heavy atom. The van der Waals surface area contributed by atoms with Gasteiger partial charge in [-0.25, -0.2) is 0 Å². The van der Waals surface area contributed by atoms with E-state index >= 15 is 0 Å². The van der Waals surface area contributed by atoms with Crippen molar-refractivity contribution in [2.24, 2.45) is 0 Å². The second-order valence-corrected chi connectivity index (χ2v) is 15.2. The van der Waals surface area contributed by atoms with Crippen LogP contribution in [0, 0.1) is 0 Å². The number of allylic oxidation sites excluding steroid dienone is 1. The van der Waals surface area contributed by atoms with Gasteiger partial charge in [-0.2, -0.15) is 0 Å². The summed E-state index contributed by atoms with van der Waals surface area (Å²) in [4.78, 5) is 2.49. The second kappa shape index (κ2) is 14.3. The van der Waals surface area contributed by atoms with Crippen molar-refractivity contribution < 1.29 is 0 Å². The Morgan fingerprint density at radius 3 is 1.53 bits per heavy atom. The minimum absolute atomic E-state index is 0.957. The average molecular weight is 741 g/mol. The lowest BCUT2D eigenvalue weighted by molar-refractivity contribution is 0.898. The van der Waals surface area contributed by atoms with Crippen LogP contribution in [0.1, 0.15) is 23.2 Å². The number of anilines is 3. The number of para-hydroxylation sites is 2. The number of rotatable bonds is 7. The van der Waals surface area contributed by atoms with E-state index in [9.17, 15) is 0 Å². The van der Waals surface area contributed by atoms with E-state index in [4.69, 9.17) is 0 Å². The normalized spacial score (nSPS) is 12.4. The number of aromatic nitrogens is 1. The lowest BCUT2D eigenvalue weighted by Crippen LogP contribution is -2.11. The second-order valence-electron chi connectivity index (χ2n) is 15.2. The molecule has 0 saturated heterocycles. The van der Waals surface area contributed by atoms with Gasteiger partial charge in [0.05, 0.1) is 11.2 Å². The van der Waals surface area contributed by atoms with E-state index in [2.05, 4.69) is 228 Å². The summed E-state index contributed by atoms with van der Waals surface area (Å²) in [7, 11) is 0. The van der Waals surface area contributed by atoms with Crippen molar-refractivity contribution in [2.75, 3.05) is 4.90 Å². The molecule has 58 heavy (non-hydrogen) atoms. The van der Waals surface area contributed by atoms with Crippen LogP contribution in [0.3, 0.4) is 0 Å². The average Bonchev–Trinajstić information content (AvgIpc) is 3.63. The fourth-order valence-corrected chi connectivity index (χ4v) is 9.26. The lowest BCUT2D eigenvalue weighted by atomic mass is 9.89. The molecule has 0 aliphatic heterocycles. The first-order valence-corrected chi connectivity index (χ1v) is 20.2. The maximum Gasteiger partial charge on any atom is 0.0618 e. The summed E-state index contributed by atoms with van der Waals surface area (Å²) in [5.74, 6) is 0. The van der Waals surface area contributed by atoms with Crippen molar-refractivity contribution in [3.63, 3.8) is 0 Å². The highest BCUT2D eigenvalue weighted by atomic mass is 15.1. The van der Waals surface area contributed by atoms with E-state index in [0.717, 1.165) is 24.2 Å². The number of benzene rings is 9. The van der Waals surface area contributed by atoms with Gasteiger partial charge in [0.2, 0.25) is 0 Å². The quantitative estimate of drug-likeness (QED) is 0.148. The number of fused-ring (bicyclic) bond motifs is 5. The van der Waals surface area contributed by atoms with Crippen LogP contribution >= 0.6 is 0 Å². The third-order valence-electron chi connectivity index (χ3n) is 11.9. The molecule has 1 aliphatic carbocycles. The molecule has 0 fully saturated rings. The molecule has 2 heteroatoms. The molecule has 0 spiro atoms. The van der Waals surface area contributed by atoms with E-state index < -0.39 is 0 Å². The van der Waals surface area contributed by atoms with Gasteiger partial charge in [-0.1, -0.05) is 170 Å². The standard InChI is InChI=1S/C56H40N2/c1-5-17-39(18-6-1)40-29-31-41(32-30-40)43-33-35-53-51(37-43)52-38-46(34-36-54(52)58(53)45-23-11-4-12-24-45)57(44-21-9-3-10-22-44)56-49-27-15-13-25-47(49)55(42-19-7-2-8-20-42)48-26-14-16-28-50(48)56/h1-32,34,36-38H,33,35H2. The first-order chi connectivity index (χ1) is 28.8. The molecule has 1 aliphatic rings. The first kappa shape index (κ1) is 33.9. The third-order valence-corrected chi connectivity index (χ3v) is 11.9. The molecule has 10 aromatic rings. The van der Waals surface area contributed by atoms with E-state index in [1.165, 1.54) is 88.5 Å². The topological polar surface area (TPSA) is 8.17 Å². The van der Waals surface area contributed by atoms with Crippen LogP contribution in [-0.4, -0.2) is 4.57 Å². The van der Waals surface area contributed by atoms with E-state index in [0.29, 0.717) is 0 Å². The summed E-state index contributed by atoms with van der Waals surface area (Å²) in [5, 5.41) is 6.17. The fourth-order valence-electron chi connectivity index (χ4n) is 9.26. The molecule has 0 unspecified atom stereocenters. The monoisotopic (exact) mass is 740 g/mol. The molecule has 274 valence electrons. The van der Waals surface area contributed by atoms with Crippen LogP contribution in [0.15, 0.2) is 212 Å². The van der Waals surface area contributed by atoms with Gasteiger partial charge in [0.25, 0.3) is 0 Å². The van der Waals surface area contributed by atoms with Crippen LogP contribution in [0.4, 0.5) is 17.1 Å². The molecular weight excluding hydrogens is 701 g/mol. The van der Waals surface area contributed by atoms with Crippen LogP contribution < -0.4 is 4.90 Å². The van der Waals surface area contributed by atoms with Gasteiger partial charge in [-0.05, 0) is 106 Å². The molecule has 2 nitrogen and oxygen atoms in total. The van der Waals surface area contributed by atoms with Gasteiger partial charge in [0.15, 0.2) is 0 Å². The molecule has 9 aromatic carbocycles. The van der Waals surface area contributed by atoms with Crippen LogP contribution in [-0.2, 0) is 6.42 Å². The number of nitrogens with zero attached hydrogens (tertiary/aromatic N) is 2. The van der Waals surface area contributed by atoms with E-state index in [-0.39, 0.29) is 0 Å². The molecule has 0 atom stereocenters. The minimum atomic E-state index is 0.957. The number of hydrogen-bond acceptors (Lipinski definition) is 1. The van der Waals surface area contributed by atoms with E-state index in [1.54, 1.807) is 0 Å². The van der Waals surface area contributed by atoms with Crippen molar-refractivity contribution in [3.05, 3.63) is 229 Å². The largest absolute Gasteiger partial charge is 0.313 e. The van der Waals surface area contributed by atoms with Gasteiger partial charge < -0.3 is 9.47 Å². The fraction of sp³-hybridized carbons (Fsp3) is 0.0357. The minimum Gasteiger partial charge on any atom is -0.313 e. The summed E-state index contributed by atoms with van der Waals surface area (Å²) in [6, 6.07) is 77.3. The molecule has 1 heterocycles. The molecule has 0 radical (unpaired) electrons. The Kier molecular flexibility index (Phi) is 8.33. The Labute approximate surface area is 339 Å². The van der Waals surface area contributed by atoms with Gasteiger partial charge >= 0.3 is 0 Å². The van der Waals surface area contributed by atoms with Gasteiger partial charge in [-0.15, -0.1) is 0 Å². The Hall–Kier alpha value is -7.42. The molecule has 0 saturated carbocycles. The van der Waals surface area contributed by atoms with Crippen molar-refractivity contribution in [3.8, 4) is 27.9 Å². The Morgan fingerprint density at radius 1 is 0.379 bits per heavy atom. The molecule has 11 rings (SSSR count). The van der Waals surface area contributed by atoms with Crippen molar-refractivity contribution in [2.45, 2.75) is 12.8 Å². The van der Waals surface area contributed by atoms with Crippen molar-refractivity contribution >= 4 is 61.2 Å². The SMILES string of the molecule is C1=C(c2ccc(-c3ccccc3)cc2)CCc2c1c1cc(N(c3ccccc3)c3c4ccccc4c(-c4ccccc4)c4ccccc34)ccc1n2-c1ccccc1. The summed E-state index contributed by atoms with van der Waals surface area (Å²) in [6.45, 7) is 0. The predicted octanol–water partition coefficient (Wildman–Crippen LogP) is 15.2.